The molecule has 0 fully saturated rings. The van der Waals surface area contributed by atoms with Crippen LogP contribution >= 0.6 is 0 Å². The van der Waals surface area contributed by atoms with Crippen molar-refractivity contribution in [3.05, 3.63) is 170 Å². The van der Waals surface area contributed by atoms with Gasteiger partial charge < -0.3 is 9.13 Å². The minimum absolute atomic E-state index is 1.17. The third-order valence-electron chi connectivity index (χ3n) is 10.4. The minimum atomic E-state index is 1.17. The number of fused-ring (bicyclic) bond motifs is 13. The highest BCUT2D eigenvalue weighted by atomic mass is 15.0. The third kappa shape index (κ3) is 3.41. The van der Waals surface area contributed by atoms with Gasteiger partial charge in [0.05, 0.1) is 27.8 Å². The molecule has 0 amide bonds. The van der Waals surface area contributed by atoms with E-state index >= 15 is 0 Å². The fourth-order valence-electron chi connectivity index (χ4n) is 8.40. The van der Waals surface area contributed by atoms with E-state index in [2.05, 4.69) is 179 Å². The molecular weight excluding hydrogens is 581 g/mol. The van der Waals surface area contributed by atoms with Crippen LogP contribution < -0.4 is 0 Å². The average Bonchev–Trinajstić information content (AvgIpc) is 3.66. The van der Waals surface area contributed by atoms with E-state index in [0.717, 1.165) is 0 Å². The quantitative estimate of drug-likeness (QED) is 0.173. The van der Waals surface area contributed by atoms with Crippen LogP contribution in [0.1, 0.15) is 0 Å². The maximum absolute atomic E-state index is 2.53. The Labute approximate surface area is 276 Å². The molecule has 2 heterocycles. The van der Waals surface area contributed by atoms with E-state index in [1.807, 2.05) is 0 Å². The summed E-state index contributed by atoms with van der Waals surface area (Å²) >= 11 is 0. The van der Waals surface area contributed by atoms with Crippen molar-refractivity contribution in [3.8, 4) is 11.4 Å². The van der Waals surface area contributed by atoms with Crippen molar-refractivity contribution in [1.82, 2.24) is 9.13 Å². The Morgan fingerprint density at radius 3 is 1.40 bits per heavy atom. The summed E-state index contributed by atoms with van der Waals surface area (Å²) in [5, 5.41) is 15.2. The van der Waals surface area contributed by atoms with Crippen LogP contribution in [0.5, 0.6) is 0 Å². The molecule has 0 spiro atoms. The second kappa shape index (κ2) is 9.57. The Morgan fingerprint density at radius 1 is 0.271 bits per heavy atom. The number of hydrogen-bond donors (Lipinski definition) is 0. The van der Waals surface area contributed by atoms with Gasteiger partial charge in [-0.3, -0.25) is 0 Å². The fourth-order valence-corrected chi connectivity index (χ4v) is 8.40. The first-order chi connectivity index (χ1) is 23.8. The molecular formula is C46H28N2. The third-order valence-corrected chi connectivity index (χ3v) is 10.4. The Hall–Kier alpha value is -6.38. The lowest BCUT2D eigenvalue weighted by Crippen LogP contribution is -1.96. The topological polar surface area (TPSA) is 9.86 Å². The number of nitrogens with zero attached hydrogens (tertiary/aromatic N) is 2. The molecule has 2 heteroatoms. The minimum Gasteiger partial charge on any atom is -0.309 e. The maximum Gasteiger partial charge on any atom is 0.0549 e. The van der Waals surface area contributed by atoms with Gasteiger partial charge in [0, 0.05) is 32.6 Å². The molecule has 0 bridgehead atoms. The van der Waals surface area contributed by atoms with Crippen LogP contribution in [0.15, 0.2) is 170 Å². The molecule has 0 unspecified atom stereocenters. The Balaban J connectivity index is 1.41. The van der Waals surface area contributed by atoms with Crippen molar-refractivity contribution in [2.45, 2.75) is 0 Å². The lowest BCUT2D eigenvalue weighted by Gasteiger charge is -2.14. The number of rotatable bonds is 2. The number of aromatic nitrogens is 2. The van der Waals surface area contributed by atoms with E-state index < -0.39 is 0 Å². The van der Waals surface area contributed by atoms with Crippen molar-refractivity contribution in [2.24, 2.45) is 0 Å². The average molecular weight is 609 g/mol. The van der Waals surface area contributed by atoms with E-state index in [1.54, 1.807) is 0 Å². The normalized spacial score (nSPS) is 12.2. The molecule has 11 aromatic rings. The highest BCUT2D eigenvalue weighted by Gasteiger charge is 2.22. The van der Waals surface area contributed by atoms with E-state index in [9.17, 15) is 0 Å². The van der Waals surface area contributed by atoms with E-state index in [1.165, 1.54) is 98.1 Å². The SMILES string of the molecule is c1ccc(-n2c3cc4c5c6ccccc6ccc5n(-c5cc6ccccc6c6ccccc56)c4cc3c3c4ccccc4ccc32)cc1. The van der Waals surface area contributed by atoms with Crippen molar-refractivity contribution < 1.29 is 0 Å². The molecule has 9 aromatic carbocycles. The van der Waals surface area contributed by atoms with Crippen LogP contribution in [-0.2, 0) is 0 Å². The summed E-state index contributed by atoms with van der Waals surface area (Å²) in [6.45, 7) is 0. The van der Waals surface area contributed by atoms with Gasteiger partial charge in [0.25, 0.3) is 0 Å². The zero-order chi connectivity index (χ0) is 31.3. The summed E-state index contributed by atoms with van der Waals surface area (Å²) in [4.78, 5) is 0. The monoisotopic (exact) mass is 608 g/mol. The first kappa shape index (κ1) is 25.8. The summed E-state index contributed by atoms with van der Waals surface area (Å²) in [7, 11) is 0. The summed E-state index contributed by atoms with van der Waals surface area (Å²) in [5.74, 6) is 0. The summed E-state index contributed by atoms with van der Waals surface area (Å²) in [6, 6.07) is 62.6. The highest BCUT2D eigenvalue weighted by Crippen LogP contribution is 2.44. The molecule has 0 aliphatic carbocycles. The molecule has 222 valence electrons. The van der Waals surface area contributed by atoms with Crippen LogP contribution in [0.3, 0.4) is 0 Å². The first-order valence-corrected chi connectivity index (χ1v) is 16.6. The molecule has 0 saturated heterocycles. The predicted molar refractivity (Wildman–Crippen MR) is 205 cm³/mol. The fraction of sp³-hybridized carbons (Fsp3) is 0. The second-order valence-electron chi connectivity index (χ2n) is 12.9. The first-order valence-electron chi connectivity index (χ1n) is 16.6. The predicted octanol–water partition coefficient (Wildman–Crippen LogP) is 12.5. The second-order valence-corrected chi connectivity index (χ2v) is 12.9. The maximum atomic E-state index is 2.53. The van der Waals surface area contributed by atoms with Crippen molar-refractivity contribution >= 4 is 86.7 Å². The number of benzene rings is 9. The Bertz CT molecular complexity index is 3100. The number of hydrogen-bond acceptors (Lipinski definition) is 0. The molecule has 48 heavy (non-hydrogen) atoms. The van der Waals surface area contributed by atoms with Gasteiger partial charge >= 0.3 is 0 Å². The molecule has 11 rings (SSSR count). The zero-order valence-electron chi connectivity index (χ0n) is 26.1. The van der Waals surface area contributed by atoms with Gasteiger partial charge in [-0.15, -0.1) is 0 Å². The van der Waals surface area contributed by atoms with Gasteiger partial charge in [-0.1, -0.05) is 127 Å². The summed E-state index contributed by atoms with van der Waals surface area (Å²) in [5.41, 5.74) is 7.25. The molecule has 2 nitrogen and oxygen atoms in total. The summed E-state index contributed by atoms with van der Waals surface area (Å²) in [6.07, 6.45) is 0. The standard InChI is InChI=1S/C46H28N2/c1-2-15-32(16-3-1)47-40-24-22-29-12-4-8-18-34(29)45(40)38-28-44-39(27-43(38)47)46-35-19-9-5-13-30(35)23-25-41(46)48(44)42-26-31-14-6-7-17-33(31)36-20-10-11-21-37(36)42/h1-28H. The molecule has 2 aromatic heterocycles. The molecule has 0 atom stereocenters. The van der Waals surface area contributed by atoms with Gasteiger partial charge in [0.1, 0.15) is 0 Å². The van der Waals surface area contributed by atoms with Crippen LogP contribution in [0.25, 0.3) is 98.1 Å². The summed E-state index contributed by atoms with van der Waals surface area (Å²) < 4.78 is 4.98. The zero-order valence-corrected chi connectivity index (χ0v) is 26.1. The van der Waals surface area contributed by atoms with Gasteiger partial charge in [-0.2, -0.15) is 0 Å². The van der Waals surface area contributed by atoms with Gasteiger partial charge in [-0.05, 0) is 80.2 Å². The molecule has 0 saturated carbocycles. The van der Waals surface area contributed by atoms with Gasteiger partial charge in [0.15, 0.2) is 0 Å². The largest absolute Gasteiger partial charge is 0.309 e. The van der Waals surface area contributed by atoms with Crippen LogP contribution in [-0.4, -0.2) is 9.13 Å². The molecule has 0 N–H and O–H groups in total. The molecule has 0 aliphatic rings. The Morgan fingerprint density at radius 2 is 0.750 bits per heavy atom. The van der Waals surface area contributed by atoms with Crippen molar-refractivity contribution in [1.29, 1.82) is 0 Å². The lowest BCUT2D eigenvalue weighted by atomic mass is 10.00. The van der Waals surface area contributed by atoms with Gasteiger partial charge in [0.2, 0.25) is 0 Å². The van der Waals surface area contributed by atoms with E-state index in [0.29, 0.717) is 0 Å². The highest BCUT2D eigenvalue weighted by molar-refractivity contribution is 6.28. The Kier molecular flexibility index (Phi) is 5.14. The lowest BCUT2D eigenvalue weighted by molar-refractivity contribution is 1.18. The molecule has 0 aliphatic heterocycles. The van der Waals surface area contributed by atoms with E-state index in [-0.39, 0.29) is 0 Å². The van der Waals surface area contributed by atoms with Crippen molar-refractivity contribution in [2.75, 3.05) is 0 Å². The smallest absolute Gasteiger partial charge is 0.0549 e. The van der Waals surface area contributed by atoms with Gasteiger partial charge in [-0.25, -0.2) is 0 Å². The van der Waals surface area contributed by atoms with Crippen LogP contribution in [0.4, 0.5) is 0 Å². The van der Waals surface area contributed by atoms with Crippen molar-refractivity contribution in [3.63, 3.8) is 0 Å². The van der Waals surface area contributed by atoms with E-state index in [4.69, 9.17) is 0 Å². The molecule has 0 radical (unpaired) electrons. The number of para-hydroxylation sites is 1. The van der Waals surface area contributed by atoms with Crippen LogP contribution in [0.2, 0.25) is 0 Å². The van der Waals surface area contributed by atoms with Crippen LogP contribution in [0, 0.1) is 0 Å².